The van der Waals surface area contributed by atoms with Gasteiger partial charge in [-0.1, -0.05) is 24.3 Å². The molecule has 0 radical (unpaired) electrons. The SMILES string of the molecule is NC(=O)C1CN(CC(=O)N2CCC(c3nc4ccccc4s3)CC2)c2ccccc2O1. The summed E-state index contributed by atoms with van der Waals surface area (Å²) < 4.78 is 6.91. The number of benzene rings is 2. The topological polar surface area (TPSA) is 88.8 Å². The van der Waals surface area contributed by atoms with Crippen LogP contribution in [0.5, 0.6) is 5.75 Å². The van der Waals surface area contributed by atoms with Gasteiger partial charge in [0.15, 0.2) is 6.10 Å². The van der Waals surface area contributed by atoms with Crippen molar-refractivity contribution < 1.29 is 14.3 Å². The fraction of sp³-hybridized carbons (Fsp3) is 0.348. The fourth-order valence-corrected chi connectivity index (χ4v) is 5.45. The summed E-state index contributed by atoms with van der Waals surface area (Å²) in [4.78, 5) is 33.4. The zero-order chi connectivity index (χ0) is 21.4. The number of primary amides is 1. The minimum atomic E-state index is -0.757. The van der Waals surface area contributed by atoms with Crippen molar-refractivity contribution in [2.45, 2.75) is 24.9 Å². The molecule has 160 valence electrons. The van der Waals surface area contributed by atoms with Crippen LogP contribution in [0.2, 0.25) is 0 Å². The van der Waals surface area contributed by atoms with Crippen molar-refractivity contribution in [1.29, 1.82) is 0 Å². The van der Waals surface area contributed by atoms with E-state index in [0.717, 1.165) is 24.0 Å². The van der Waals surface area contributed by atoms with Gasteiger partial charge in [-0.15, -0.1) is 11.3 Å². The summed E-state index contributed by atoms with van der Waals surface area (Å²) in [5.41, 5.74) is 7.34. The molecule has 2 aliphatic heterocycles. The molecule has 1 unspecified atom stereocenters. The molecule has 3 heterocycles. The number of hydrogen-bond acceptors (Lipinski definition) is 6. The summed E-state index contributed by atoms with van der Waals surface area (Å²) in [7, 11) is 0. The zero-order valence-corrected chi connectivity index (χ0v) is 17.9. The molecule has 31 heavy (non-hydrogen) atoms. The van der Waals surface area contributed by atoms with Crippen molar-refractivity contribution in [1.82, 2.24) is 9.88 Å². The highest BCUT2D eigenvalue weighted by atomic mass is 32.1. The lowest BCUT2D eigenvalue weighted by Crippen LogP contribution is -2.51. The third-order valence-corrected chi connectivity index (χ3v) is 7.21. The van der Waals surface area contributed by atoms with Crippen LogP contribution < -0.4 is 15.4 Å². The van der Waals surface area contributed by atoms with Crippen LogP contribution >= 0.6 is 11.3 Å². The van der Waals surface area contributed by atoms with Gasteiger partial charge in [-0.2, -0.15) is 0 Å². The predicted octanol–water partition coefficient (Wildman–Crippen LogP) is 2.76. The quantitative estimate of drug-likeness (QED) is 0.679. The van der Waals surface area contributed by atoms with Crippen molar-refractivity contribution in [2.24, 2.45) is 5.73 Å². The van der Waals surface area contributed by atoms with Gasteiger partial charge < -0.3 is 20.3 Å². The Hall–Kier alpha value is -3.13. The van der Waals surface area contributed by atoms with E-state index in [9.17, 15) is 9.59 Å². The largest absolute Gasteiger partial charge is 0.477 e. The minimum absolute atomic E-state index is 0.0580. The van der Waals surface area contributed by atoms with E-state index in [0.29, 0.717) is 24.8 Å². The van der Waals surface area contributed by atoms with E-state index in [1.807, 2.05) is 46.2 Å². The Balaban J connectivity index is 1.24. The second-order valence-corrected chi connectivity index (χ2v) is 9.09. The summed E-state index contributed by atoms with van der Waals surface area (Å²) >= 11 is 1.76. The molecule has 2 aromatic carbocycles. The normalized spacial score (nSPS) is 19.2. The Morgan fingerprint density at radius 1 is 1.10 bits per heavy atom. The van der Waals surface area contributed by atoms with Gasteiger partial charge in [-0.3, -0.25) is 9.59 Å². The van der Waals surface area contributed by atoms with Gasteiger partial charge in [-0.25, -0.2) is 4.98 Å². The number of likely N-dealkylation sites (tertiary alicyclic amines) is 1. The van der Waals surface area contributed by atoms with Gasteiger partial charge in [0.1, 0.15) is 5.75 Å². The zero-order valence-electron chi connectivity index (χ0n) is 17.1. The Bertz CT molecular complexity index is 1090. The number of rotatable bonds is 4. The first-order chi connectivity index (χ1) is 15.1. The number of anilines is 1. The summed E-state index contributed by atoms with van der Waals surface area (Å²) in [6.07, 6.45) is 1.07. The van der Waals surface area contributed by atoms with Crippen LogP contribution in [0.25, 0.3) is 10.2 Å². The molecule has 2 aliphatic rings. The monoisotopic (exact) mass is 436 g/mol. The van der Waals surface area contributed by atoms with Crippen LogP contribution in [0.4, 0.5) is 5.69 Å². The second-order valence-electron chi connectivity index (χ2n) is 8.03. The summed E-state index contributed by atoms with van der Waals surface area (Å²) in [6.45, 7) is 1.91. The number of piperidine rings is 1. The van der Waals surface area contributed by atoms with Crippen LogP contribution in [0.3, 0.4) is 0 Å². The molecule has 2 N–H and O–H groups in total. The number of hydrogen-bond donors (Lipinski definition) is 1. The van der Waals surface area contributed by atoms with E-state index in [1.54, 1.807) is 17.4 Å². The smallest absolute Gasteiger partial charge is 0.260 e. The van der Waals surface area contributed by atoms with Crippen molar-refractivity contribution in [2.75, 3.05) is 31.1 Å². The summed E-state index contributed by atoms with van der Waals surface area (Å²) in [5, 5.41) is 1.17. The molecule has 2 amide bonds. The van der Waals surface area contributed by atoms with Gasteiger partial charge in [0, 0.05) is 19.0 Å². The highest BCUT2D eigenvalue weighted by Crippen LogP contribution is 2.35. The predicted molar refractivity (Wildman–Crippen MR) is 120 cm³/mol. The molecule has 1 aromatic heterocycles. The lowest BCUT2D eigenvalue weighted by molar-refractivity contribution is -0.131. The Labute approximate surface area is 184 Å². The highest BCUT2D eigenvalue weighted by molar-refractivity contribution is 7.18. The summed E-state index contributed by atoms with van der Waals surface area (Å²) in [5.74, 6) is 0.510. The van der Waals surface area contributed by atoms with E-state index in [4.69, 9.17) is 15.5 Å². The van der Waals surface area contributed by atoms with E-state index in [2.05, 4.69) is 6.07 Å². The second kappa shape index (κ2) is 8.19. The number of carbonyl (C=O) groups is 2. The number of aromatic nitrogens is 1. The molecule has 3 aromatic rings. The van der Waals surface area contributed by atoms with E-state index in [-0.39, 0.29) is 19.0 Å². The molecule has 8 heteroatoms. The lowest BCUT2D eigenvalue weighted by Gasteiger charge is -2.37. The number of ether oxygens (including phenoxy) is 1. The average Bonchev–Trinajstić information content (AvgIpc) is 3.23. The van der Waals surface area contributed by atoms with Crippen molar-refractivity contribution in [3.05, 3.63) is 53.5 Å². The average molecular weight is 437 g/mol. The van der Waals surface area contributed by atoms with Crippen LogP contribution in [-0.2, 0) is 9.59 Å². The molecule has 1 fully saturated rings. The molecule has 0 bridgehead atoms. The Kier molecular flexibility index (Phi) is 5.23. The number of carbonyl (C=O) groups excluding carboxylic acids is 2. The van der Waals surface area contributed by atoms with Crippen molar-refractivity contribution in [3.8, 4) is 5.75 Å². The maximum absolute atomic E-state index is 13.1. The van der Waals surface area contributed by atoms with Crippen LogP contribution in [0.1, 0.15) is 23.8 Å². The number of para-hydroxylation sites is 3. The molecular formula is C23H24N4O3S. The number of fused-ring (bicyclic) bond motifs is 2. The number of amides is 2. The molecule has 0 spiro atoms. The first-order valence-corrected chi connectivity index (χ1v) is 11.3. The van der Waals surface area contributed by atoms with Gasteiger partial charge in [0.05, 0.1) is 34.0 Å². The molecule has 1 saturated heterocycles. The van der Waals surface area contributed by atoms with Gasteiger partial charge in [-0.05, 0) is 37.1 Å². The number of nitrogens with zero attached hydrogens (tertiary/aromatic N) is 3. The van der Waals surface area contributed by atoms with Crippen molar-refractivity contribution in [3.63, 3.8) is 0 Å². The maximum Gasteiger partial charge on any atom is 0.260 e. The molecular weight excluding hydrogens is 412 g/mol. The third kappa shape index (κ3) is 3.95. The van der Waals surface area contributed by atoms with E-state index in [1.165, 1.54) is 9.71 Å². The van der Waals surface area contributed by atoms with Crippen LogP contribution in [-0.4, -0.2) is 54.0 Å². The van der Waals surface area contributed by atoms with Gasteiger partial charge in [0.2, 0.25) is 5.91 Å². The Morgan fingerprint density at radius 3 is 2.61 bits per heavy atom. The molecule has 1 atom stereocenters. The molecule has 0 saturated carbocycles. The molecule has 5 rings (SSSR count). The van der Waals surface area contributed by atoms with E-state index >= 15 is 0 Å². The van der Waals surface area contributed by atoms with Crippen LogP contribution in [0, 0.1) is 0 Å². The first kappa shape index (κ1) is 19.8. The number of nitrogens with two attached hydrogens (primary N) is 1. The lowest BCUT2D eigenvalue weighted by atomic mass is 9.97. The number of thiazole rings is 1. The highest BCUT2D eigenvalue weighted by Gasteiger charge is 2.32. The maximum atomic E-state index is 13.1. The van der Waals surface area contributed by atoms with Crippen molar-refractivity contribution >= 4 is 39.1 Å². The summed E-state index contributed by atoms with van der Waals surface area (Å²) in [6, 6.07) is 15.6. The molecule has 0 aliphatic carbocycles. The molecule has 7 nitrogen and oxygen atoms in total. The van der Waals surface area contributed by atoms with Gasteiger partial charge >= 0.3 is 0 Å². The first-order valence-electron chi connectivity index (χ1n) is 10.5. The minimum Gasteiger partial charge on any atom is -0.477 e. The standard InChI is InChI=1S/C23H24N4O3S/c24-22(29)19-13-27(17-6-2-3-7-18(17)30-19)14-21(28)26-11-9-15(10-12-26)23-25-16-5-1-4-8-20(16)31-23/h1-8,15,19H,9-14H2,(H2,24,29). The third-order valence-electron chi connectivity index (χ3n) is 6.01. The Morgan fingerprint density at radius 2 is 1.84 bits per heavy atom. The van der Waals surface area contributed by atoms with Crippen LogP contribution in [0.15, 0.2) is 48.5 Å². The fourth-order valence-electron chi connectivity index (χ4n) is 4.31. The van der Waals surface area contributed by atoms with E-state index < -0.39 is 12.0 Å². The van der Waals surface area contributed by atoms with Gasteiger partial charge in [0.25, 0.3) is 5.91 Å².